The van der Waals surface area contributed by atoms with Crippen LogP contribution in [0.25, 0.3) is 0 Å². The fourth-order valence-electron chi connectivity index (χ4n) is 1.42. The molecule has 1 aromatic carbocycles. The van der Waals surface area contributed by atoms with E-state index >= 15 is 0 Å². The quantitative estimate of drug-likeness (QED) is 0.788. The Bertz CT molecular complexity index is 578. The van der Waals surface area contributed by atoms with Crippen molar-refractivity contribution in [2.24, 2.45) is 0 Å². The van der Waals surface area contributed by atoms with E-state index in [0.717, 1.165) is 0 Å². The van der Waals surface area contributed by atoms with Crippen LogP contribution in [0.15, 0.2) is 48.7 Å². The monoisotopic (exact) mass is 257 g/mol. The molecule has 0 bridgehead atoms. The first-order valence-electron chi connectivity index (χ1n) is 5.52. The van der Waals surface area contributed by atoms with Gasteiger partial charge in [0.25, 0.3) is 0 Å². The van der Waals surface area contributed by atoms with Gasteiger partial charge in [0, 0.05) is 12.3 Å². The van der Waals surface area contributed by atoms with Gasteiger partial charge in [0.1, 0.15) is 0 Å². The summed E-state index contributed by atoms with van der Waals surface area (Å²) in [6, 6.07) is 11.0. The van der Waals surface area contributed by atoms with Crippen molar-refractivity contribution >= 4 is 11.9 Å². The molecular weight excluding hydrogens is 246 g/mol. The Morgan fingerprint density at radius 2 is 1.58 bits per heavy atom. The van der Waals surface area contributed by atoms with Gasteiger partial charge in [0.15, 0.2) is 0 Å². The number of methoxy groups -OCH3 is 1. The molecule has 0 aliphatic carbocycles. The summed E-state index contributed by atoms with van der Waals surface area (Å²) in [6.45, 7) is 0. The topological polar surface area (TPSA) is 65.5 Å². The van der Waals surface area contributed by atoms with Gasteiger partial charge in [0.2, 0.25) is 5.88 Å². The van der Waals surface area contributed by atoms with Gasteiger partial charge < -0.3 is 9.47 Å². The number of rotatable bonds is 3. The number of carbonyl (C=O) groups excluding carboxylic acids is 2. The Hall–Kier alpha value is -2.69. The Morgan fingerprint density at radius 1 is 0.947 bits per heavy atom. The Morgan fingerprint density at radius 3 is 2.11 bits per heavy atom. The summed E-state index contributed by atoms with van der Waals surface area (Å²) in [6.07, 6.45) is 1.53. The maximum Gasteiger partial charge on any atom is 0.344 e. The van der Waals surface area contributed by atoms with Crippen LogP contribution in [0.1, 0.15) is 20.7 Å². The Balaban J connectivity index is 2.10. The third kappa shape index (κ3) is 3.16. The number of hydrogen-bond donors (Lipinski definition) is 0. The molecule has 0 N–H and O–H groups in total. The third-order valence-electron chi connectivity index (χ3n) is 2.38. The van der Waals surface area contributed by atoms with Crippen LogP contribution in [0.3, 0.4) is 0 Å². The summed E-state index contributed by atoms with van der Waals surface area (Å²) < 4.78 is 9.63. The van der Waals surface area contributed by atoms with Gasteiger partial charge in [-0.05, 0) is 30.3 Å². The molecule has 0 unspecified atom stereocenters. The summed E-state index contributed by atoms with van der Waals surface area (Å²) in [5, 5.41) is 0. The van der Waals surface area contributed by atoms with E-state index in [-0.39, 0.29) is 5.88 Å². The van der Waals surface area contributed by atoms with Gasteiger partial charge >= 0.3 is 11.9 Å². The molecule has 0 saturated heterocycles. The van der Waals surface area contributed by atoms with Gasteiger partial charge in [-0.15, -0.1) is 0 Å². The maximum atomic E-state index is 11.8. The molecule has 0 aliphatic rings. The fraction of sp³-hybridized carbons (Fsp3) is 0.0714. The lowest BCUT2D eigenvalue weighted by Gasteiger charge is -2.03. The average molecular weight is 257 g/mol. The van der Waals surface area contributed by atoms with Gasteiger partial charge in [0.05, 0.1) is 18.2 Å². The van der Waals surface area contributed by atoms with Crippen LogP contribution in [0, 0.1) is 0 Å². The first-order valence-corrected chi connectivity index (χ1v) is 5.52. The standard InChI is InChI=1S/C14H11NO4/c1-18-13(16)10-5-7-11(8-6-10)14(17)19-12-4-2-3-9-15-12/h2-9H,1H3. The lowest BCUT2D eigenvalue weighted by atomic mass is 10.1. The molecule has 0 fully saturated rings. The summed E-state index contributed by atoms with van der Waals surface area (Å²) >= 11 is 0. The second-order valence-electron chi connectivity index (χ2n) is 3.63. The molecule has 2 rings (SSSR count). The third-order valence-corrected chi connectivity index (χ3v) is 2.38. The van der Waals surface area contributed by atoms with E-state index in [0.29, 0.717) is 11.1 Å². The molecule has 0 radical (unpaired) electrons. The number of esters is 2. The molecule has 1 aromatic heterocycles. The van der Waals surface area contributed by atoms with Gasteiger partial charge in [-0.25, -0.2) is 14.6 Å². The largest absolute Gasteiger partial charge is 0.465 e. The van der Waals surface area contributed by atoms with E-state index < -0.39 is 11.9 Å². The molecule has 0 saturated carbocycles. The van der Waals surface area contributed by atoms with Crippen LogP contribution in [0.4, 0.5) is 0 Å². The zero-order chi connectivity index (χ0) is 13.7. The lowest BCUT2D eigenvalue weighted by molar-refractivity contribution is 0.0599. The molecule has 0 spiro atoms. The van der Waals surface area contributed by atoms with Crippen molar-refractivity contribution in [1.29, 1.82) is 0 Å². The van der Waals surface area contributed by atoms with Crippen LogP contribution in [0.5, 0.6) is 5.88 Å². The van der Waals surface area contributed by atoms with E-state index in [1.165, 1.54) is 37.6 Å². The highest BCUT2D eigenvalue weighted by molar-refractivity contribution is 5.94. The molecule has 5 nitrogen and oxygen atoms in total. The highest BCUT2D eigenvalue weighted by Crippen LogP contribution is 2.10. The highest BCUT2D eigenvalue weighted by atomic mass is 16.5. The second kappa shape index (κ2) is 5.77. The first kappa shape index (κ1) is 12.8. The fourth-order valence-corrected chi connectivity index (χ4v) is 1.42. The van der Waals surface area contributed by atoms with Gasteiger partial charge in [-0.2, -0.15) is 0 Å². The maximum absolute atomic E-state index is 11.8. The van der Waals surface area contributed by atoms with Crippen LogP contribution in [-0.2, 0) is 4.74 Å². The van der Waals surface area contributed by atoms with Gasteiger partial charge in [-0.3, -0.25) is 0 Å². The molecule has 96 valence electrons. The predicted molar refractivity (Wildman–Crippen MR) is 67.0 cm³/mol. The number of pyridine rings is 1. The van der Waals surface area contributed by atoms with E-state index in [9.17, 15) is 9.59 Å². The lowest BCUT2D eigenvalue weighted by Crippen LogP contribution is -2.10. The average Bonchev–Trinajstić information content (AvgIpc) is 2.47. The molecule has 0 amide bonds. The van der Waals surface area contributed by atoms with Gasteiger partial charge in [-0.1, -0.05) is 6.07 Å². The number of benzene rings is 1. The minimum absolute atomic E-state index is 0.226. The van der Waals surface area contributed by atoms with Crippen molar-refractivity contribution in [2.75, 3.05) is 7.11 Å². The Labute approximate surface area is 109 Å². The van der Waals surface area contributed by atoms with Crippen LogP contribution < -0.4 is 4.74 Å². The van der Waals surface area contributed by atoms with Crippen molar-refractivity contribution in [3.63, 3.8) is 0 Å². The number of ether oxygens (including phenoxy) is 2. The van der Waals surface area contributed by atoms with E-state index in [1.807, 2.05) is 0 Å². The van der Waals surface area contributed by atoms with Crippen molar-refractivity contribution in [3.05, 3.63) is 59.8 Å². The minimum atomic E-state index is -0.532. The Kier molecular flexibility index (Phi) is 3.87. The molecule has 0 atom stereocenters. The molecule has 0 aliphatic heterocycles. The summed E-state index contributed by atoms with van der Waals surface area (Å²) in [7, 11) is 1.30. The van der Waals surface area contributed by atoms with Crippen molar-refractivity contribution in [1.82, 2.24) is 4.98 Å². The number of carbonyl (C=O) groups is 2. The number of aromatic nitrogens is 1. The summed E-state index contributed by atoms with van der Waals surface area (Å²) in [5.41, 5.74) is 0.704. The van der Waals surface area contributed by atoms with E-state index in [2.05, 4.69) is 9.72 Å². The van der Waals surface area contributed by atoms with Crippen LogP contribution >= 0.6 is 0 Å². The molecule has 5 heteroatoms. The first-order chi connectivity index (χ1) is 9.20. The highest BCUT2D eigenvalue weighted by Gasteiger charge is 2.11. The minimum Gasteiger partial charge on any atom is -0.465 e. The predicted octanol–water partition coefficient (Wildman–Crippen LogP) is 2.09. The summed E-state index contributed by atoms with van der Waals surface area (Å²) in [4.78, 5) is 26.9. The van der Waals surface area contributed by atoms with Crippen LogP contribution in [-0.4, -0.2) is 24.0 Å². The summed E-state index contributed by atoms with van der Waals surface area (Å²) in [5.74, 6) is -0.760. The zero-order valence-electron chi connectivity index (χ0n) is 10.2. The van der Waals surface area contributed by atoms with Crippen LogP contribution in [0.2, 0.25) is 0 Å². The SMILES string of the molecule is COC(=O)c1ccc(C(=O)Oc2ccccn2)cc1. The normalized spacial score (nSPS) is 9.74. The van der Waals surface area contributed by atoms with Crippen molar-refractivity contribution in [3.8, 4) is 5.88 Å². The molecular formula is C14H11NO4. The smallest absolute Gasteiger partial charge is 0.344 e. The van der Waals surface area contributed by atoms with Crippen molar-refractivity contribution in [2.45, 2.75) is 0 Å². The molecule has 19 heavy (non-hydrogen) atoms. The second-order valence-corrected chi connectivity index (χ2v) is 3.63. The van der Waals surface area contributed by atoms with Crippen molar-refractivity contribution < 1.29 is 19.1 Å². The number of nitrogens with zero attached hydrogens (tertiary/aromatic N) is 1. The zero-order valence-corrected chi connectivity index (χ0v) is 10.2. The molecule has 2 aromatic rings. The molecule has 1 heterocycles. The van der Waals surface area contributed by atoms with E-state index in [1.54, 1.807) is 18.2 Å². The van der Waals surface area contributed by atoms with E-state index in [4.69, 9.17) is 4.74 Å². The number of hydrogen-bond acceptors (Lipinski definition) is 5.